The molecule has 0 aliphatic carbocycles. The van der Waals surface area contributed by atoms with E-state index in [1.165, 1.54) is 31.4 Å². The van der Waals surface area contributed by atoms with Gasteiger partial charge in [-0.2, -0.15) is 0 Å². The molecule has 3 rings (SSSR count). The van der Waals surface area contributed by atoms with Crippen molar-refractivity contribution in [3.8, 4) is 5.75 Å². The van der Waals surface area contributed by atoms with Gasteiger partial charge in [-0.15, -0.1) is 0 Å². The van der Waals surface area contributed by atoms with Gasteiger partial charge in [-0.05, 0) is 24.3 Å². The van der Waals surface area contributed by atoms with Gasteiger partial charge in [-0.1, -0.05) is 0 Å². The summed E-state index contributed by atoms with van der Waals surface area (Å²) < 4.78 is 34.1. The predicted molar refractivity (Wildman–Crippen MR) is 84.9 cm³/mol. The number of nitrogens with two attached hydrogens (primary N) is 1. The van der Waals surface area contributed by atoms with Crippen LogP contribution in [0.3, 0.4) is 0 Å². The lowest BCUT2D eigenvalue weighted by molar-refractivity contribution is 0.0697. The largest absolute Gasteiger partial charge is 0.497 e. The summed E-state index contributed by atoms with van der Waals surface area (Å²) in [7, 11) is -2.87. The fourth-order valence-corrected chi connectivity index (χ4v) is 3.06. The van der Waals surface area contributed by atoms with E-state index in [1.807, 2.05) is 0 Å². The lowest BCUT2D eigenvalue weighted by Gasteiger charge is -2.08. The van der Waals surface area contributed by atoms with Crippen LogP contribution in [0.1, 0.15) is 10.4 Å². The third-order valence-corrected chi connectivity index (χ3v) is 4.41. The lowest BCUT2D eigenvalue weighted by atomic mass is 10.1. The Morgan fingerprint density at radius 3 is 2.50 bits per heavy atom. The van der Waals surface area contributed by atoms with E-state index < -0.39 is 26.3 Å². The summed E-state index contributed by atoms with van der Waals surface area (Å²) in [5, 5.41) is 14.1. The number of carboxylic acid groups (broad SMARTS) is 1. The minimum Gasteiger partial charge on any atom is -0.497 e. The summed E-state index contributed by atoms with van der Waals surface area (Å²) in [6.07, 6.45) is 0. The molecular weight excluding hydrogens is 338 g/mol. The Morgan fingerprint density at radius 1 is 1.21 bits per heavy atom. The summed E-state index contributed by atoms with van der Waals surface area (Å²) in [5.74, 6) is -1.10. The number of benzene rings is 2. The van der Waals surface area contributed by atoms with Gasteiger partial charge in [0, 0.05) is 6.07 Å². The van der Waals surface area contributed by atoms with Crippen LogP contribution in [0.25, 0.3) is 21.9 Å². The van der Waals surface area contributed by atoms with E-state index in [0.29, 0.717) is 0 Å². The van der Waals surface area contributed by atoms with E-state index in [4.69, 9.17) is 19.4 Å². The molecule has 0 atom stereocenters. The highest BCUT2D eigenvalue weighted by Crippen LogP contribution is 2.29. The van der Waals surface area contributed by atoms with Crippen LogP contribution < -0.4 is 15.3 Å². The Morgan fingerprint density at radius 2 is 1.92 bits per heavy atom. The van der Waals surface area contributed by atoms with E-state index in [1.54, 1.807) is 0 Å². The fourth-order valence-electron chi connectivity index (χ4n) is 2.36. The summed E-state index contributed by atoms with van der Waals surface area (Å²) >= 11 is 0. The van der Waals surface area contributed by atoms with Gasteiger partial charge in [0.2, 0.25) is 15.5 Å². The van der Waals surface area contributed by atoms with Gasteiger partial charge in [0.1, 0.15) is 16.2 Å². The van der Waals surface area contributed by atoms with Crippen LogP contribution in [0.5, 0.6) is 5.75 Å². The topological polar surface area (TPSA) is 137 Å². The van der Waals surface area contributed by atoms with Gasteiger partial charge in [0.05, 0.1) is 23.4 Å². The molecule has 0 bridgehead atoms. The SMILES string of the molecule is COc1cc(S(N)(=O)=O)c2oc3ccc(C(=O)O)cc3c(=O)c2c1. The number of sulfonamides is 1. The van der Waals surface area contributed by atoms with Crippen molar-refractivity contribution in [3.05, 3.63) is 46.1 Å². The zero-order chi connectivity index (χ0) is 17.6. The molecule has 0 unspecified atom stereocenters. The van der Waals surface area contributed by atoms with E-state index in [9.17, 15) is 18.0 Å². The Hall–Kier alpha value is -2.91. The van der Waals surface area contributed by atoms with Crippen LogP contribution in [0.15, 0.2) is 44.4 Å². The number of rotatable bonds is 3. The van der Waals surface area contributed by atoms with E-state index in [0.717, 1.165) is 6.07 Å². The maximum Gasteiger partial charge on any atom is 0.335 e. The number of carbonyl (C=O) groups is 1. The quantitative estimate of drug-likeness (QED) is 0.680. The minimum absolute atomic E-state index is 0.0102. The van der Waals surface area contributed by atoms with Gasteiger partial charge in [0.15, 0.2) is 5.58 Å². The van der Waals surface area contributed by atoms with Gasteiger partial charge >= 0.3 is 5.97 Å². The molecule has 1 heterocycles. The first-order valence-corrected chi connectivity index (χ1v) is 8.11. The summed E-state index contributed by atoms with van der Waals surface area (Å²) in [6, 6.07) is 6.16. The van der Waals surface area contributed by atoms with Crippen molar-refractivity contribution in [1.82, 2.24) is 0 Å². The van der Waals surface area contributed by atoms with Crippen molar-refractivity contribution in [2.75, 3.05) is 7.11 Å². The highest BCUT2D eigenvalue weighted by Gasteiger charge is 2.20. The zero-order valence-electron chi connectivity index (χ0n) is 12.3. The molecule has 0 aliphatic rings. The van der Waals surface area contributed by atoms with Gasteiger partial charge < -0.3 is 14.3 Å². The molecule has 2 aromatic carbocycles. The molecule has 0 saturated heterocycles. The van der Waals surface area contributed by atoms with Crippen LogP contribution in [-0.2, 0) is 10.0 Å². The number of fused-ring (bicyclic) bond motifs is 2. The smallest absolute Gasteiger partial charge is 0.335 e. The lowest BCUT2D eigenvalue weighted by Crippen LogP contribution is -2.14. The Kier molecular flexibility index (Phi) is 3.54. The average Bonchev–Trinajstić information content (AvgIpc) is 2.53. The van der Waals surface area contributed by atoms with Crippen LogP contribution >= 0.6 is 0 Å². The standard InChI is InChI=1S/C15H11NO7S/c1-22-8-5-10-13(17)9-4-7(15(18)19)2-3-11(9)23-14(10)12(6-8)24(16,20)21/h2-6H,1H3,(H,18,19)(H2,16,20,21). The first kappa shape index (κ1) is 16.0. The maximum atomic E-state index is 12.7. The van der Waals surface area contributed by atoms with Crippen molar-refractivity contribution >= 4 is 37.9 Å². The van der Waals surface area contributed by atoms with Crippen molar-refractivity contribution in [2.24, 2.45) is 5.14 Å². The number of ether oxygens (including phenoxy) is 1. The van der Waals surface area contributed by atoms with E-state index in [2.05, 4.69) is 0 Å². The number of hydrogen-bond donors (Lipinski definition) is 2. The molecule has 0 fully saturated rings. The number of aromatic carboxylic acids is 1. The zero-order valence-corrected chi connectivity index (χ0v) is 13.1. The molecule has 1 aromatic heterocycles. The van der Waals surface area contributed by atoms with Crippen molar-refractivity contribution in [1.29, 1.82) is 0 Å². The summed E-state index contributed by atoms with van der Waals surface area (Å²) in [4.78, 5) is 23.3. The van der Waals surface area contributed by atoms with E-state index >= 15 is 0 Å². The van der Waals surface area contributed by atoms with E-state index in [-0.39, 0.29) is 33.3 Å². The second kappa shape index (κ2) is 5.32. The van der Waals surface area contributed by atoms with Crippen molar-refractivity contribution in [2.45, 2.75) is 4.90 Å². The Bertz CT molecular complexity index is 1160. The van der Waals surface area contributed by atoms with Crippen molar-refractivity contribution < 1.29 is 27.5 Å². The molecule has 0 aliphatic heterocycles. The normalized spacial score (nSPS) is 11.8. The third-order valence-electron chi connectivity index (χ3n) is 3.50. The highest BCUT2D eigenvalue weighted by atomic mass is 32.2. The van der Waals surface area contributed by atoms with Crippen LogP contribution in [0.2, 0.25) is 0 Å². The molecule has 9 heteroatoms. The number of primary sulfonamides is 1. The second-order valence-corrected chi connectivity index (χ2v) is 6.52. The first-order chi connectivity index (χ1) is 11.2. The first-order valence-electron chi connectivity index (χ1n) is 6.57. The average molecular weight is 349 g/mol. The molecule has 0 saturated carbocycles. The molecule has 3 N–H and O–H groups in total. The monoisotopic (exact) mass is 349 g/mol. The van der Waals surface area contributed by atoms with Gasteiger partial charge in [-0.25, -0.2) is 18.4 Å². The molecule has 8 nitrogen and oxygen atoms in total. The molecule has 3 aromatic rings. The molecule has 0 amide bonds. The van der Waals surface area contributed by atoms with Gasteiger partial charge in [-0.3, -0.25) is 4.79 Å². The predicted octanol–water partition coefficient (Wildman–Crippen LogP) is 1.30. The molecule has 24 heavy (non-hydrogen) atoms. The third kappa shape index (κ3) is 2.49. The maximum absolute atomic E-state index is 12.7. The van der Waals surface area contributed by atoms with Crippen LogP contribution in [0.4, 0.5) is 0 Å². The second-order valence-electron chi connectivity index (χ2n) is 4.99. The summed E-state index contributed by atoms with van der Waals surface area (Å²) in [5.41, 5.74) is -0.840. The molecule has 0 spiro atoms. The molecular formula is C15H11NO7S. The number of carboxylic acids is 1. The number of hydrogen-bond acceptors (Lipinski definition) is 6. The fraction of sp³-hybridized carbons (Fsp3) is 0.0667. The summed E-state index contributed by atoms with van der Waals surface area (Å²) in [6.45, 7) is 0. The Balaban J connectivity index is 2.54. The van der Waals surface area contributed by atoms with Crippen LogP contribution in [-0.4, -0.2) is 26.6 Å². The van der Waals surface area contributed by atoms with Crippen LogP contribution in [0, 0.1) is 0 Å². The van der Waals surface area contributed by atoms with Gasteiger partial charge in [0.25, 0.3) is 0 Å². The van der Waals surface area contributed by atoms with Crippen molar-refractivity contribution in [3.63, 3.8) is 0 Å². The minimum atomic E-state index is -4.18. The number of methoxy groups -OCH3 is 1. The highest BCUT2D eigenvalue weighted by molar-refractivity contribution is 7.89. The Labute approximate surface area is 135 Å². The molecule has 0 radical (unpaired) electrons. The molecule has 124 valence electrons.